The van der Waals surface area contributed by atoms with Crippen molar-refractivity contribution in [2.75, 3.05) is 19.0 Å². The van der Waals surface area contributed by atoms with E-state index in [1.54, 1.807) is 0 Å². The van der Waals surface area contributed by atoms with Gasteiger partial charge in [-0.05, 0) is 12.8 Å². The molecule has 0 unspecified atom stereocenters. The molecule has 0 aromatic heterocycles. The van der Waals surface area contributed by atoms with Crippen LogP contribution in [0, 0.1) is 0 Å². The number of hydrogen-bond donors (Lipinski definition) is 4. The molecule has 0 aromatic rings. The van der Waals surface area contributed by atoms with E-state index in [0.717, 1.165) is 51.4 Å². The molecule has 1 aliphatic heterocycles. The van der Waals surface area contributed by atoms with E-state index < -0.39 is 71.2 Å². The first-order valence-corrected chi connectivity index (χ1v) is 18.7. The zero-order chi connectivity index (χ0) is 33.5. The predicted molar refractivity (Wildman–Crippen MR) is 169 cm³/mol. The zero-order valence-corrected chi connectivity index (χ0v) is 28.3. The second-order valence-corrected chi connectivity index (χ2v) is 13.7. The summed E-state index contributed by atoms with van der Waals surface area (Å²) in [4.78, 5) is 24.9. The van der Waals surface area contributed by atoms with Crippen LogP contribution in [0.2, 0.25) is 0 Å². The van der Waals surface area contributed by atoms with Gasteiger partial charge in [0.05, 0.1) is 6.61 Å². The molecule has 4 N–H and O–H groups in total. The third-order valence-electron chi connectivity index (χ3n) is 7.94. The van der Waals surface area contributed by atoms with E-state index in [2.05, 4.69) is 13.8 Å². The molecule has 0 saturated carbocycles. The highest BCUT2D eigenvalue weighted by molar-refractivity contribution is 7.85. The lowest BCUT2D eigenvalue weighted by atomic mass is 10.00. The van der Waals surface area contributed by atoms with Gasteiger partial charge >= 0.3 is 11.9 Å². The fourth-order valence-corrected chi connectivity index (χ4v) is 5.89. The van der Waals surface area contributed by atoms with Crippen LogP contribution in [0.3, 0.4) is 0 Å². The summed E-state index contributed by atoms with van der Waals surface area (Å²) in [6.07, 6.45) is 9.28. The zero-order valence-electron chi connectivity index (χ0n) is 27.5. The van der Waals surface area contributed by atoms with E-state index in [1.165, 1.54) is 44.9 Å². The van der Waals surface area contributed by atoms with Crippen molar-refractivity contribution in [1.29, 1.82) is 0 Å². The first-order valence-electron chi connectivity index (χ1n) is 17.1. The summed E-state index contributed by atoms with van der Waals surface area (Å²) in [7, 11) is -4.58. The summed E-state index contributed by atoms with van der Waals surface area (Å²) in [6.45, 7) is 3.63. The molecule has 1 heterocycles. The number of aliphatic hydroxyl groups is 3. The summed E-state index contributed by atoms with van der Waals surface area (Å²) in [5.74, 6) is -1.99. The molecule has 0 aliphatic carbocycles. The highest BCUT2D eigenvalue weighted by atomic mass is 32.2. The molecule has 0 aromatic carbocycles. The van der Waals surface area contributed by atoms with Crippen LogP contribution in [0.25, 0.3) is 0 Å². The molecule has 1 fully saturated rings. The lowest BCUT2D eigenvalue weighted by molar-refractivity contribution is -0.297. The average Bonchev–Trinajstić information content (AvgIpc) is 2.99. The maximum atomic E-state index is 12.6. The minimum Gasteiger partial charge on any atom is -0.462 e. The maximum Gasteiger partial charge on any atom is 0.306 e. The molecular formula is C32H60O12S. The minimum atomic E-state index is -4.58. The van der Waals surface area contributed by atoms with Crippen molar-refractivity contribution in [2.24, 2.45) is 0 Å². The molecule has 6 atom stereocenters. The Morgan fingerprint density at radius 1 is 0.667 bits per heavy atom. The second kappa shape index (κ2) is 24.8. The summed E-state index contributed by atoms with van der Waals surface area (Å²) in [5.41, 5.74) is 0. The quantitative estimate of drug-likeness (QED) is 0.0542. The first-order chi connectivity index (χ1) is 21.5. The SMILES string of the molecule is CCCCCCCCCCCCCC(=O)O[C@H](COC(=O)CCCCCCCC)CO[C@@H]1O[C@H](CS(=O)(=O)O)[C@@H](O)[C@H](O)[C@H]1O. The van der Waals surface area contributed by atoms with Gasteiger partial charge in [-0.3, -0.25) is 14.1 Å². The largest absolute Gasteiger partial charge is 0.462 e. The van der Waals surface area contributed by atoms with Crippen LogP contribution in [0.1, 0.15) is 136 Å². The van der Waals surface area contributed by atoms with Gasteiger partial charge in [-0.25, -0.2) is 0 Å². The number of carbonyl (C=O) groups excluding carboxylic acids is 2. The van der Waals surface area contributed by atoms with Crippen LogP contribution < -0.4 is 0 Å². The van der Waals surface area contributed by atoms with Gasteiger partial charge in [-0.1, -0.05) is 110 Å². The van der Waals surface area contributed by atoms with Crippen molar-refractivity contribution in [3.05, 3.63) is 0 Å². The van der Waals surface area contributed by atoms with Crippen LogP contribution in [0.4, 0.5) is 0 Å². The third-order valence-corrected chi connectivity index (χ3v) is 8.69. The molecule has 0 amide bonds. The van der Waals surface area contributed by atoms with Gasteiger partial charge in [0.25, 0.3) is 10.1 Å². The van der Waals surface area contributed by atoms with E-state index >= 15 is 0 Å². The van der Waals surface area contributed by atoms with Gasteiger partial charge in [0, 0.05) is 12.8 Å². The van der Waals surface area contributed by atoms with Crippen molar-refractivity contribution in [3.8, 4) is 0 Å². The Morgan fingerprint density at radius 2 is 1.13 bits per heavy atom. The molecule has 13 heteroatoms. The summed E-state index contributed by atoms with van der Waals surface area (Å²) >= 11 is 0. The maximum absolute atomic E-state index is 12.6. The number of rotatable bonds is 27. The van der Waals surface area contributed by atoms with Gasteiger partial charge in [-0.15, -0.1) is 0 Å². The second-order valence-electron chi connectivity index (χ2n) is 12.2. The standard InChI is InChI=1S/C32H60O12S/c1-3-5-7-9-11-12-13-14-15-17-19-21-28(34)43-25(22-41-27(33)20-18-16-10-8-6-4-2)23-42-32-31(37)30(36)29(35)26(44-32)24-45(38,39)40/h25-26,29-32,35-37H,3-24H2,1-2H3,(H,38,39,40)/t25-,26-,29-,30+,31-,32-/m1/s1. The Hall–Kier alpha value is -1.35. The summed E-state index contributed by atoms with van der Waals surface area (Å²) in [6, 6.07) is 0. The van der Waals surface area contributed by atoms with Gasteiger partial charge < -0.3 is 34.3 Å². The van der Waals surface area contributed by atoms with Crippen LogP contribution in [0.5, 0.6) is 0 Å². The van der Waals surface area contributed by atoms with Crippen molar-refractivity contribution in [3.63, 3.8) is 0 Å². The number of ether oxygens (including phenoxy) is 4. The fraction of sp³-hybridized carbons (Fsp3) is 0.938. The van der Waals surface area contributed by atoms with Gasteiger partial charge in [-0.2, -0.15) is 8.42 Å². The Kier molecular flexibility index (Phi) is 22.9. The minimum absolute atomic E-state index is 0.170. The van der Waals surface area contributed by atoms with Crippen LogP contribution >= 0.6 is 0 Å². The van der Waals surface area contributed by atoms with Crippen molar-refractivity contribution in [1.82, 2.24) is 0 Å². The number of hydrogen-bond acceptors (Lipinski definition) is 11. The molecule has 0 bridgehead atoms. The molecule has 1 rings (SSSR count). The topological polar surface area (TPSA) is 186 Å². The lowest BCUT2D eigenvalue weighted by Gasteiger charge is -2.40. The lowest BCUT2D eigenvalue weighted by Crippen LogP contribution is -2.60. The predicted octanol–water partition coefficient (Wildman–Crippen LogP) is 4.61. The first kappa shape index (κ1) is 41.7. The Bertz CT molecular complexity index is 883. The van der Waals surface area contributed by atoms with Crippen LogP contribution in [-0.2, 0) is 38.7 Å². The molecular weight excluding hydrogens is 608 g/mol. The van der Waals surface area contributed by atoms with Gasteiger partial charge in [0.2, 0.25) is 0 Å². The van der Waals surface area contributed by atoms with E-state index in [9.17, 15) is 33.3 Å². The van der Waals surface area contributed by atoms with Gasteiger partial charge in [0.15, 0.2) is 12.4 Å². The van der Waals surface area contributed by atoms with Crippen molar-refractivity contribution < 1.29 is 56.8 Å². The number of carbonyl (C=O) groups is 2. The molecule has 0 spiro atoms. The summed E-state index contributed by atoms with van der Waals surface area (Å²) < 4.78 is 53.4. The Labute approximate surface area is 270 Å². The number of aliphatic hydroxyl groups excluding tert-OH is 3. The van der Waals surface area contributed by atoms with E-state index in [1.807, 2.05) is 0 Å². The van der Waals surface area contributed by atoms with Crippen LogP contribution in [0.15, 0.2) is 0 Å². The van der Waals surface area contributed by atoms with E-state index in [4.69, 9.17) is 23.5 Å². The fourth-order valence-electron chi connectivity index (χ4n) is 5.20. The average molecular weight is 669 g/mol. The highest BCUT2D eigenvalue weighted by Gasteiger charge is 2.46. The monoisotopic (exact) mass is 668 g/mol. The van der Waals surface area contributed by atoms with Crippen molar-refractivity contribution >= 4 is 22.1 Å². The molecule has 12 nitrogen and oxygen atoms in total. The number of esters is 2. The molecule has 45 heavy (non-hydrogen) atoms. The Balaban J connectivity index is 2.58. The summed E-state index contributed by atoms with van der Waals surface area (Å²) in [5, 5.41) is 30.5. The van der Waals surface area contributed by atoms with E-state index in [0.29, 0.717) is 12.8 Å². The molecule has 1 saturated heterocycles. The van der Waals surface area contributed by atoms with Crippen LogP contribution in [-0.4, -0.2) is 96.0 Å². The third kappa shape index (κ3) is 20.5. The van der Waals surface area contributed by atoms with Crippen molar-refractivity contribution in [2.45, 2.75) is 173 Å². The molecule has 0 radical (unpaired) electrons. The smallest absolute Gasteiger partial charge is 0.306 e. The normalized spacial score (nSPS) is 22.7. The highest BCUT2D eigenvalue weighted by Crippen LogP contribution is 2.24. The van der Waals surface area contributed by atoms with E-state index in [-0.39, 0.29) is 19.4 Å². The number of unbranched alkanes of at least 4 members (excludes halogenated alkanes) is 15. The Morgan fingerprint density at radius 3 is 1.62 bits per heavy atom. The van der Waals surface area contributed by atoms with Gasteiger partial charge in [0.1, 0.15) is 36.8 Å². The molecule has 266 valence electrons. The molecule has 1 aliphatic rings.